The van der Waals surface area contributed by atoms with Gasteiger partial charge in [-0.1, -0.05) is 23.1 Å². The summed E-state index contributed by atoms with van der Waals surface area (Å²) < 4.78 is 65.7. The molecular weight excluding hydrogens is 441 g/mol. The second-order valence-corrected chi connectivity index (χ2v) is 10.1. The van der Waals surface area contributed by atoms with Gasteiger partial charge >= 0.3 is 10.1 Å². The number of phenols is 1. The molecule has 1 aliphatic heterocycles. The first-order valence-electron chi connectivity index (χ1n) is 8.63. The van der Waals surface area contributed by atoms with Crippen molar-refractivity contribution in [1.29, 1.82) is 0 Å². The zero-order valence-corrected chi connectivity index (χ0v) is 17.5. The lowest BCUT2D eigenvalue weighted by atomic mass is 10.0. The molecule has 13 heteroatoms. The van der Waals surface area contributed by atoms with Crippen LogP contribution in [0.5, 0.6) is 11.5 Å². The molecule has 10 nitrogen and oxygen atoms in total. The molecule has 3 rings (SSSR count). The van der Waals surface area contributed by atoms with Crippen molar-refractivity contribution in [2.75, 3.05) is 17.1 Å². The lowest BCUT2D eigenvalue weighted by Gasteiger charge is -2.37. The van der Waals surface area contributed by atoms with E-state index in [1.54, 1.807) is 12.1 Å². The molecule has 0 saturated carbocycles. The van der Waals surface area contributed by atoms with E-state index in [2.05, 4.69) is 4.72 Å². The van der Waals surface area contributed by atoms with Gasteiger partial charge in [0, 0.05) is 18.5 Å². The Bertz CT molecular complexity index is 1040. The van der Waals surface area contributed by atoms with Crippen molar-refractivity contribution < 1.29 is 36.3 Å². The summed E-state index contributed by atoms with van der Waals surface area (Å²) in [4.78, 5) is 0. The largest absolute Gasteiger partial charge is 0.506 e. The number of anilines is 1. The Morgan fingerprint density at radius 3 is 2.53 bits per heavy atom. The van der Waals surface area contributed by atoms with Crippen LogP contribution in [0.25, 0.3) is 0 Å². The molecule has 1 unspecified atom stereocenters. The Morgan fingerprint density at radius 1 is 1.30 bits per heavy atom. The van der Waals surface area contributed by atoms with E-state index in [0.29, 0.717) is 11.1 Å². The average Bonchev–Trinajstić information content (AvgIpc) is 2.86. The molecule has 2 aromatic rings. The highest BCUT2D eigenvalue weighted by Crippen LogP contribution is 2.50. The smallest absolute Gasteiger partial charge is 0.306 e. The number of aliphatic hydroxyl groups is 1. The Morgan fingerprint density at radius 2 is 2.00 bits per heavy atom. The van der Waals surface area contributed by atoms with Crippen molar-refractivity contribution in [2.45, 2.75) is 19.2 Å². The van der Waals surface area contributed by atoms with Crippen LogP contribution in [0.3, 0.4) is 0 Å². The van der Waals surface area contributed by atoms with Gasteiger partial charge in [0.25, 0.3) is 0 Å². The molecule has 7 N–H and O–H groups in total. The van der Waals surface area contributed by atoms with E-state index < -0.39 is 44.6 Å². The number of aromatic hydroxyl groups is 1. The van der Waals surface area contributed by atoms with Gasteiger partial charge in [0.2, 0.25) is 0 Å². The minimum Gasteiger partial charge on any atom is -0.506 e. The molecule has 0 radical (unpaired) electrons. The van der Waals surface area contributed by atoms with Crippen molar-refractivity contribution >= 4 is 26.8 Å². The Hall–Kier alpha value is -2.13. The zero-order chi connectivity index (χ0) is 22.3. The fourth-order valence-electron chi connectivity index (χ4n) is 3.08. The van der Waals surface area contributed by atoms with E-state index in [1.165, 1.54) is 12.1 Å². The number of nitrogens with two attached hydrogens (primary N) is 1. The fourth-order valence-corrected chi connectivity index (χ4v) is 4.92. The molecule has 0 bridgehead atoms. The third-order valence-corrected chi connectivity index (χ3v) is 6.31. The summed E-state index contributed by atoms with van der Waals surface area (Å²) in [6, 6.07) is 6.99. The van der Waals surface area contributed by atoms with Crippen molar-refractivity contribution in [3.8, 4) is 11.5 Å². The Balaban J connectivity index is 1.96. The lowest BCUT2D eigenvalue weighted by Crippen LogP contribution is -2.26. The molecular formula is C17H22FN3O7S2. The molecule has 1 heterocycles. The van der Waals surface area contributed by atoms with E-state index in [-0.39, 0.29) is 30.8 Å². The molecule has 0 aliphatic carbocycles. The standard InChI is InChI=1S/C17H22FN3O7S2/c1-29(24,25)28-15-7-10(8-19)2-3-12(15)4-11-5-13(18)17(14(22)6-11)21-9-16(23)20-30(21,26)27/h2-3,5-7,16,20,22-23,26-27H,4,8-9,19H2,1H3. The average molecular weight is 464 g/mol. The number of benzene rings is 2. The van der Waals surface area contributed by atoms with E-state index in [4.69, 9.17) is 9.92 Å². The van der Waals surface area contributed by atoms with Gasteiger partial charge in [0.05, 0.1) is 12.8 Å². The number of rotatable bonds is 6. The summed E-state index contributed by atoms with van der Waals surface area (Å²) in [5.74, 6) is -1.50. The van der Waals surface area contributed by atoms with Crippen LogP contribution in [0, 0.1) is 5.82 Å². The molecule has 0 amide bonds. The Kier molecular flexibility index (Phi) is 6.15. The van der Waals surface area contributed by atoms with Crippen LogP contribution in [0.2, 0.25) is 0 Å². The first kappa shape index (κ1) is 22.6. The fraction of sp³-hybridized carbons (Fsp3) is 0.294. The normalized spacial score (nSPS) is 19.7. The monoisotopic (exact) mass is 463 g/mol. The SMILES string of the molecule is CS(=O)(=O)Oc1cc(CN)ccc1Cc1cc(O)c(N2CC(O)NS2(O)O)c(F)c1. The summed E-state index contributed by atoms with van der Waals surface area (Å²) in [7, 11) is -7.53. The number of hydrogen-bond acceptors (Lipinski definition) is 10. The molecule has 30 heavy (non-hydrogen) atoms. The number of phenolic OH excluding ortho intramolecular Hbond substituents is 1. The van der Waals surface area contributed by atoms with E-state index in [9.17, 15) is 32.1 Å². The first-order chi connectivity index (χ1) is 13.9. The maximum absolute atomic E-state index is 14.8. The van der Waals surface area contributed by atoms with Gasteiger partial charge in [-0.25, -0.2) is 8.70 Å². The van der Waals surface area contributed by atoms with Gasteiger partial charge in [-0.05, 0) is 29.3 Å². The summed E-state index contributed by atoms with van der Waals surface area (Å²) in [6.45, 7) is -0.189. The maximum atomic E-state index is 14.8. The third-order valence-electron chi connectivity index (χ3n) is 4.30. The predicted octanol–water partition coefficient (Wildman–Crippen LogP) is 1.23. The van der Waals surface area contributed by atoms with Crippen LogP contribution in [0.4, 0.5) is 10.1 Å². The van der Waals surface area contributed by atoms with Gasteiger partial charge in [-0.3, -0.25) is 9.11 Å². The van der Waals surface area contributed by atoms with Crippen molar-refractivity contribution in [2.24, 2.45) is 5.73 Å². The van der Waals surface area contributed by atoms with Crippen molar-refractivity contribution in [1.82, 2.24) is 4.72 Å². The van der Waals surface area contributed by atoms with Gasteiger partial charge in [0.1, 0.15) is 23.4 Å². The van der Waals surface area contributed by atoms with Gasteiger partial charge in [0.15, 0.2) is 5.82 Å². The molecule has 166 valence electrons. The van der Waals surface area contributed by atoms with E-state index in [0.717, 1.165) is 16.6 Å². The Labute approximate surface area is 174 Å². The minimum absolute atomic E-state index is 0.0115. The molecule has 0 aromatic heterocycles. The van der Waals surface area contributed by atoms with Crippen LogP contribution in [0.1, 0.15) is 16.7 Å². The zero-order valence-electron chi connectivity index (χ0n) is 15.8. The highest BCUT2D eigenvalue weighted by Gasteiger charge is 2.38. The van der Waals surface area contributed by atoms with Crippen molar-refractivity contribution in [3.63, 3.8) is 0 Å². The number of hydrogen-bond donors (Lipinski definition) is 6. The maximum Gasteiger partial charge on any atom is 0.306 e. The second-order valence-electron chi connectivity index (χ2n) is 6.77. The number of aliphatic hydroxyl groups excluding tert-OH is 1. The second kappa shape index (κ2) is 8.19. The summed E-state index contributed by atoms with van der Waals surface area (Å²) in [5, 5.41) is 19.9. The van der Waals surface area contributed by atoms with Gasteiger partial charge in [-0.2, -0.15) is 13.1 Å². The van der Waals surface area contributed by atoms with Gasteiger partial charge < -0.3 is 20.1 Å². The molecule has 1 fully saturated rings. The molecule has 2 aromatic carbocycles. The van der Waals surface area contributed by atoms with Gasteiger partial charge in [-0.15, -0.1) is 0 Å². The van der Waals surface area contributed by atoms with E-state index in [1.807, 2.05) is 0 Å². The van der Waals surface area contributed by atoms with Crippen molar-refractivity contribution in [3.05, 3.63) is 52.8 Å². The molecule has 1 saturated heterocycles. The van der Waals surface area contributed by atoms with E-state index >= 15 is 0 Å². The molecule has 1 atom stereocenters. The topological polar surface area (TPSA) is 166 Å². The third kappa shape index (κ3) is 4.95. The number of nitrogens with zero attached hydrogens (tertiary/aromatic N) is 1. The highest BCUT2D eigenvalue weighted by atomic mass is 32.3. The molecule has 0 spiro atoms. The van der Waals surface area contributed by atoms with Crippen LogP contribution in [-0.2, 0) is 23.1 Å². The number of halogens is 1. The van der Waals surface area contributed by atoms with Crippen LogP contribution in [-0.4, -0.2) is 46.8 Å². The molecule has 1 aliphatic rings. The minimum atomic E-state index is -3.82. The van der Waals surface area contributed by atoms with Crippen LogP contribution in [0.15, 0.2) is 30.3 Å². The number of β-amino-alcohol motifs (C(OH)–C–C–N with tert-alkyl or cyclic N) is 1. The first-order valence-corrected chi connectivity index (χ1v) is 12.0. The summed E-state index contributed by atoms with van der Waals surface area (Å²) in [6.07, 6.45) is -0.411. The summed E-state index contributed by atoms with van der Waals surface area (Å²) in [5.41, 5.74) is 6.42. The predicted molar refractivity (Wildman–Crippen MR) is 110 cm³/mol. The lowest BCUT2D eigenvalue weighted by molar-refractivity contribution is 0.181. The summed E-state index contributed by atoms with van der Waals surface area (Å²) >= 11 is 0. The highest BCUT2D eigenvalue weighted by molar-refractivity contribution is 8.24. The quantitative estimate of drug-likeness (QED) is 0.343. The van der Waals surface area contributed by atoms with Crippen LogP contribution < -0.4 is 18.9 Å². The number of nitrogens with one attached hydrogen (secondary N) is 1. The van der Waals surface area contributed by atoms with Crippen LogP contribution >= 0.6 is 11.0 Å².